The first-order valence-electron chi connectivity index (χ1n) is 5.93. The Hall–Kier alpha value is -1.88. The maximum absolute atomic E-state index is 11.8. The molecule has 0 heterocycles. The first-order chi connectivity index (χ1) is 8.54. The van der Waals surface area contributed by atoms with E-state index in [2.05, 4.69) is 10.6 Å². The standard InChI is InChI=1S/C13H19N3O2/c1-10(12(17)15-13(18)14-2)16(3)9-11-7-5-4-6-8-11/h4-8,10H,9H2,1-3H3,(H2,14,15,17,18)/p+1/t10-/m0/s1. The van der Waals surface area contributed by atoms with Crippen LogP contribution in [0.1, 0.15) is 12.5 Å². The number of carbonyl (C=O) groups excluding carboxylic acids is 2. The number of likely N-dealkylation sites (N-methyl/N-ethyl adjacent to an activating group) is 1. The maximum atomic E-state index is 11.8. The van der Waals surface area contributed by atoms with E-state index in [9.17, 15) is 9.59 Å². The Morgan fingerprint density at radius 1 is 1.28 bits per heavy atom. The molecule has 18 heavy (non-hydrogen) atoms. The van der Waals surface area contributed by atoms with E-state index >= 15 is 0 Å². The first kappa shape index (κ1) is 14.2. The third-order valence-electron chi connectivity index (χ3n) is 2.92. The zero-order chi connectivity index (χ0) is 13.5. The summed E-state index contributed by atoms with van der Waals surface area (Å²) in [4.78, 5) is 23.8. The molecule has 0 aliphatic heterocycles. The second-order valence-electron chi connectivity index (χ2n) is 4.30. The molecule has 2 atom stereocenters. The third-order valence-corrected chi connectivity index (χ3v) is 2.92. The van der Waals surface area contributed by atoms with Gasteiger partial charge in [-0.05, 0) is 6.92 Å². The number of carbonyl (C=O) groups is 2. The Morgan fingerprint density at radius 3 is 2.44 bits per heavy atom. The Balaban J connectivity index is 2.53. The van der Waals surface area contributed by atoms with E-state index in [1.165, 1.54) is 7.05 Å². The molecule has 5 nitrogen and oxygen atoms in total. The number of rotatable bonds is 4. The van der Waals surface area contributed by atoms with Gasteiger partial charge < -0.3 is 10.2 Å². The predicted molar refractivity (Wildman–Crippen MR) is 69.1 cm³/mol. The van der Waals surface area contributed by atoms with E-state index in [0.29, 0.717) is 0 Å². The molecule has 1 aromatic carbocycles. The second-order valence-corrected chi connectivity index (χ2v) is 4.30. The molecular weight excluding hydrogens is 230 g/mol. The van der Waals surface area contributed by atoms with Gasteiger partial charge in [0.2, 0.25) is 0 Å². The van der Waals surface area contributed by atoms with Gasteiger partial charge in [0.25, 0.3) is 5.91 Å². The molecule has 1 unspecified atom stereocenters. The summed E-state index contributed by atoms with van der Waals surface area (Å²) in [5, 5.41) is 4.65. The van der Waals surface area contributed by atoms with Gasteiger partial charge in [0.05, 0.1) is 7.05 Å². The van der Waals surface area contributed by atoms with Crippen LogP contribution in [0, 0.1) is 0 Å². The monoisotopic (exact) mass is 250 g/mol. The summed E-state index contributed by atoms with van der Waals surface area (Å²) < 4.78 is 0. The van der Waals surface area contributed by atoms with E-state index in [-0.39, 0.29) is 11.9 Å². The summed E-state index contributed by atoms with van der Waals surface area (Å²) in [5.41, 5.74) is 1.16. The SMILES string of the molecule is CNC(=O)NC(=O)[C@H](C)[NH+](C)Cc1ccccc1. The summed E-state index contributed by atoms with van der Waals surface area (Å²) >= 11 is 0. The van der Waals surface area contributed by atoms with Gasteiger partial charge in [-0.1, -0.05) is 30.3 Å². The third kappa shape index (κ3) is 4.18. The van der Waals surface area contributed by atoms with Crippen LogP contribution in [0.2, 0.25) is 0 Å². The molecule has 0 saturated heterocycles. The summed E-state index contributed by atoms with van der Waals surface area (Å²) in [7, 11) is 3.41. The second kappa shape index (κ2) is 6.76. The van der Waals surface area contributed by atoms with Gasteiger partial charge in [-0.2, -0.15) is 0 Å². The summed E-state index contributed by atoms with van der Waals surface area (Å²) in [6.45, 7) is 2.54. The Labute approximate surface area is 107 Å². The van der Waals surface area contributed by atoms with Crippen LogP contribution in [0.4, 0.5) is 4.79 Å². The molecule has 3 amide bonds. The number of hydrogen-bond donors (Lipinski definition) is 3. The molecule has 0 saturated carbocycles. The highest BCUT2D eigenvalue weighted by Crippen LogP contribution is 1.95. The van der Waals surface area contributed by atoms with Crippen molar-refractivity contribution in [3.63, 3.8) is 0 Å². The predicted octanol–water partition coefficient (Wildman–Crippen LogP) is -0.455. The van der Waals surface area contributed by atoms with Crippen LogP contribution >= 0.6 is 0 Å². The highest BCUT2D eigenvalue weighted by Gasteiger charge is 2.23. The first-order valence-corrected chi connectivity index (χ1v) is 5.93. The van der Waals surface area contributed by atoms with Gasteiger partial charge >= 0.3 is 6.03 Å². The fourth-order valence-electron chi connectivity index (χ4n) is 1.58. The van der Waals surface area contributed by atoms with E-state index in [4.69, 9.17) is 0 Å². The molecule has 0 bridgehead atoms. The summed E-state index contributed by atoms with van der Waals surface area (Å²) in [6.07, 6.45) is 0. The molecule has 0 aliphatic rings. The van der Waals surface area contributed by atoms with E-state index in [1.54, 1.807) is 6.92 Å². The van der Waals surface area contributed by atoms with Crippen molar-refractivity contribution in [1.82, 2.24) is 10.6 Å². The molecule has 1 aromatic rings. The maximum Gasteiger partial charge on any atom is 0.321 e. The smallest absolute Gasteiger partial charge is 0.321 e. The number of quaternary nitrogens is 1. The van der Waals surface area contributed by atoms with Crippen LogP contribution in [0.5, 0.6) is 0 Å². The summed E-state index contributed by atoms with van der Waals surface area (Å²) in [6, 6.07) is 9.18. The van der Waals surface area contributed by atoms with Crippen LogP contribution in [-0.4, -0.2) is 32.1 Å². The minimum atomic E-state index is -0.473. The van der Waals surface area contributed by atoms with Crippen molar-refractivity contribution in [2.24, 2.45) is 0 Å². The zero-order valence-electron chi connectivity index (χ0n) is 11.0. The zero-order valence-corrected chi connectivity index (χ0v) is 11.0. The Morgan fingerprint density at radius 2 is 1.89 bits per heavy atom. The van der Waals surface area contributed by atoms with Gasteiger partial charge in [-0.15, -0.1) is 0 Å². The highest BCUT2D eigenvalue weighted by molar-refractivity contribution is 5.96. The van der Waals surface area contributed by atoms with Crippen molar-refractivity contribution >= 4 is 11.9 Å². The average Bonchev–Trinajstić information content (AvgIpc) is 2.38. The topological polar surface area (TPSA) is 62.6 Å². The molecule has 5 heteroatoms. The van der Waals surface area contributed by atoms with Crippen LogP contribution in [-0.2, 0) is 11.3 Å². The molecule has 1 rings (SSSR count). The lowest BCUT2D eigenvalue weighted by Crippen LogP contribution is -3.12. The largest absolute Gasteiger partial charge is 0.341 e. The molecule has 0 fully saturated rings. The molecule has 0 spiro atoms. The van der Waals surface area contributed by atoms with Gasteiger partial charge in [0, 0.05) is 12.6 Å². The number of nitrogens with one attached hydrogen (secondary N) is 3. The molecule has 0 aromatic heterocycles. The van der Waals surface area contributed by atoms with Crippen LogP contribution in [0.15, 0.2) is 30.3 Å². The lowest BCUT2D eigenvalue weighted by atomic mass is 10.2. The molecule has 0 aliphatic carbocycles. The number of imide groups is 1. The Kier molecular flexibility index (Phi) is 5.32. The minimum absolute atomic E-state index is 0.275. The van der Waals surface area contributed by atoms with Gasteiger partial charge in [0.1, 0.15) is 6.54 Å². The highest BCUT2D eigenvalue weighted by atomic mass is 16.2. The van der Waals surface area contributed by atoms with Gasteiger partial charge in [-0.3, -0.25) is 10.1 Å². The lowest BCUT2D eigenvalue weighted by Gasteiger charge is -2.20. The minimum Gasteiger partial charge on any atom is -0.341 e. The van der Waals surface area contributed by atoms with Crippen molar-refractivity contribution in [2.45, 2.75) is 19.5 Å². The van der Waals surface area contributed by atoms with Crippen molar-refractivity contribution in [1.29, 1.82) is 0 Å². The number of urea groups is 1. The summed E-state index contributed by atoms with van der Waals surface area (Å²) in [5.74, 6) is -0.275. The van der Waals surface area contributed by atoms with Crippen LogP contribution in [0.3, 0.4) is 0 Å². The quantitative estimate of drug-likeness (QED) is 0.677. The lowest BCUT2D eigenvalue weighted by molar-refractivity contribution is -0.908. The van der Waals surface area contributed by atoms with E-state index in [1.807, 2.05) is 37.4 Å². The fraction of sp³-hybridized carbons (Fsp3) is 0.385. The number of hydrogen-bond acceptors (Lipinski definition) is 2. The fourth-order valence-corrected chi connectivity index (χ4v) is 1.58. The van der Waals surface area contributed by atoms with Crippen LogP contribution < -0.4 is 15.5 Å². The molecule has 98 valence electrons. The normalized spacial score (nSPS) is 13.5. The van der Waals surface area contributed by atoms with Crippen molar-refractivity contribution in [3.05, 3.63) is 35.9 Å². The van der Waals surface area contributed by atoms with E-state index < -0.39 is 6.03 Å². The average molecular weight is 250 g/mol. The van der Waals surface area contributed by atoms with Crippen molar-refractivity contribution in [2.75, 3.05) is 14.1 Å². The van der Waals surface area contributed by atoms with E-state index in [0.717, 1.165) is 17.0 Å². The molecule has 3 N–H and O–H groups in total. The number of benzene rings is 1. The van der Waals surface area contributed by atoms with Gasteiger partial charge in [-0.25, -0.2) is 4.79 Å². The molecular formula is C13H20N3O2+. The van der Waals surface area contributed by atoms with Crippen LogP contribution in [0.25, 0.3) is 0 Å². The van der Waals surface area contributed by atoms with Gasteiger partial charge in [0.15, 0.2) is 6.04 Å². The van der Waals surface area contributed by atoms with Crippen molar-refractivity contribution < 1.29 is 14.5 Å². The van der Waals surface area contributed by atoms with Crippen molar-refractivity contribution in [3.8, 4) is 0 Å². The number of amides is 3. The Bertz CT molecular complexity index is 406. The molecule has 0 radical (unpaired) electrons.